The Morgan fingerprint density at radius 1 is 0.424 bits per heavy atom. The van der Waals surface area contributed by atoms with Gasteiger partial charge in [-0.25, -0.2) is 4.85 Å². The van der Waals surface area contributed by atoms with E-state index in [0.29, 0.717) is 11.3 Å². The monoisotopic (exact) mass is 854 g/mol. The van der Waals surface area contributed by atoms with Crippen LogP contribution >= 0.6 is 0 Å². The van der Waals surface area contributed by atoms with Crippen LogP contribution in [0.1, 0.15) is 58.2 Å². The molecule has 0 radical (unpaired) electrons. The zero-order chi connectivity index (χ0) is 45.5. The average molecular weight is 855 g/mol. The maximum absolute atomic E-state index is 9.55. The highest BCUT2D eigenvalue weighted by Crippen LogP contribution is 2.45. The van der Waals surface area contributed by atoms with Gasteiger partial charge in [-0.05, 0) is 165 Å². The fraction of sp³-hybridized carbons (Fsp3) is 0.133. The summed E-state index contributed by atoms with van der Waals surface area (Å²) in [5.74, 6) is 0. The van der Waals surface area contributed by atoms with Crippen molar-refractivity contribution in [1.82, 2.24) is 0 Å². The minimum Gasteiger partial charge on any atom is -0.456 e. The molecule has 2 aromatic heterocycles. The number of rotatable bonds is 6. The molecule has 6 nitrogen and oxygen atoms in total. The number of nitrogens with zero attached hydrogens (tertiary/aromatic N) is 4. The molecule has 0 saturated heterocycles. The first-order valence-electron chi connectivity index (χ1n) is 22.3. The molecule has 318 valence electrons. The van der Waals surface area contributed by atoms with Crippen LogP contribution in [0.5, 0.6) is 0 Å². The summed E-state index contributed by atoms with van der Waals surface area (Å²) in [6.45, 7) is 20.9. The molecule has 0 spiro atoms. The summed E-state index contributed by atoms with van der Waals surface area (Å²) in [6.07, 6.45) is 0. The first kappa shape index (κ1) is 40.5. The molecule has 0 aliphatic rings. The van der Waals surface area contributed by atoms with Crippen LogP contribution in [-0.4, -0.2) is 0 Å². The Bertz CT molecular complexity index is 3520. The van der Waals surface area contributed by atoms with Gasteiger partial charge in [-0.2, -0.15) is 5.26 Å². The van der Waals surface area contributed by atoms with E-state index < -0.39 is 0 Å². The van der Waals surface area contributed by atoms with Gasteiger partial charge in [0.05, 0.1) is 18.2 Å². The third kappa shape index (κ3) is 6.96. The molecule has 0 unspecified atom stereocenters. The van der Waals surface area contributed by atoms with E-state index in [1.165, 1.54) is 11.1 Å². The van der Waals surface area contributed by atoms with Crippen LogP contribution in [0.4, 0.5) is 39.8 Å². The van der Waals surface area contributed by atoms with Gasteiger partial charge in [-0.15, -0.1) is 0 Å². The number of fused-ring (bicyclic) bond motifs is 9. The molecule has 0 aliphatic heterocycles. The van der Waals surface area contributed by atoms with Crippen LogP contribution in [-0.2, 0) is 10.8 Å². The lowest BCUT2D eigenvalue weighted by Gasteiger charge is -2.27. The molecule has 0 bridgehead atoms. The zero-order valence-electron chi connectivity index (χ0n) is 37.8. The van der Waals surface area contributed by atoms with Crippen molar-refractivity contribution in [3.05, 3.63) is 198 Å². The molecular weight excluding hydrogens is 809 g/mol. The number of nitriles is 1. The molecule has 0 saturated carbocycles. The Morgan fingerprint density at radius 2 is 0.803 bits per heavy atom. The van der Waals surface area contributed by atoms with Gasteiger partial charge in [0.1, 0.15) is 22.3 Å². The molecule has 0 atom stereocenters. The number of benzene rings is 9. The summed E-state index contributed by atoms with van der Waals surface area (Å²) in [5.41, 5.74) is 13.1. The fourth-order valence-electron chi connectivity index (χ4n) is 9.35. The van der Waals surface area contributed by atoms with Gasteiger partial charge >= 0.3 is 0 Å². The van der Waals surface area contributed by atoms with Crippen molar-refractivity contribution in [2.24, 2.45) is 0 Å². The van der Waals surface area contributed by atoms with Gasteiger partial charge in [0.25, 0.3) is 0 Å². The van der Waals surface area contributed by atoms with Gasteiger partial charge in [0.15, 0.2) is 5.69 Å². The second-order valence-corrected chi connectivity index (χ2v) is 19.3. The normalized spacial score (nSPS) is 12.1. The molecule has 9 aromatic carbocycles. The Kier molecular flexibility index (Phi) is 9.29. The first-order chi connectivity index (χ1) is 31.8. The molecule has 0 aliphatic carbocycles. The van der Waals surface area contributed by atoms with Crippen molar-refractivity contribution in [3.8, 4) is 6.07 Å². The largest absolute Gasteiger partial charge is 0.456 e. The number of hydrogen-bond donors (Lipinski definition) is 0. The fourth-order valence-corrected chi connectivity index (χ4v) is 9.35. The molecule has 66 heavy (non-hydrogen) atoms. The van der Waals surface area contributed by atoms with E-state index in [9.17, 15) is 5.26 Å². The van der Waals surface area contributed by atoms with Crippen molar-refractivity contribution in [1.29, 1.82) is 5.26 Å². The molecule has 0 N–H and O–H groups in total. The van der Waals surface area contributed by atoms with E-state index in [2.05, 4.69) is 171 Å². The van der Waals surface area contributed by atoms with Crippen LogP contribution in [0.2, 0.25) is 0 Å². The summed E-state index contributed by atoms with van der Waals surface area (Å²) < 4.78 is 13.3. The smallest absolute Gasteiger partial charge is 0.187 e. The Morgan fingerprint density at radius 3 is 1.18 bits per heavy atom. The molecule has 0 fully saturated rings. The molecule has 0 amide bonds. The Hall–Kier alpha value is -8.32. The van der Waals surface area contributed by atoms with Crippen molar-refractivity contribution >= 4 is 105 Å². The quantitative estimate of drug-likeness (QED) is 0.156. The standard InChI is InChI=1S/C60H46N4O2/c1-59(2,3)42-12-22-46(23-13-42)63(45-18-8-37(36-61)9-19-45)49-20-10-38-32-51-55(34-40(38)30-49)65-53-28-29-54-58(57(51)53)52-33-39-11-21-50(31-41(39)35-56(52)66-54)64(48-26-16-44(62-7)17-27-48)47-24-14-43(15-25-47)60(4,5)6/h8-35H,1-6H3. The van der Waals surface area contributed by atoms with Crippen molar-refractivity contribution in [3.63, 3.8) is 0 Å². The second-order valence-electron chi connectivity index (χ2n) is 19.3. The highest BCUT2D eigenvalue weighted by Gasteiger charge is 2.22. The minimum absolute atomic E-state index is 0.0307. The Labute approximate surface area is 384 Å². The average Bonchev–Trinajstić information content (AvgIpc) is 3.87. The van der Waals surface area contributed by atoms with Crippen molar-refractivity contribution in [2.75, 3.05) is 9.80 Å². The van der Waals surface area contributed by atoms with Crippen molar-refractivity contribution in [2.45, 2.75) is 52.4 Å². The lowest BCUT2D eigenvalue weighted by Crippen LogP contribution is -2.13. The van der Waals surface area contributed by atoms with Gasteiger partial charge in [0.2, 0.25) is 0 Å². The molecular formula is C60H46N4O2. The van der Waals surface area contributed by atoms with Crippen LogP contribution in [0, 0.1) is 17.9 Å². The van der Waals surface area contributed by atoms with E-state index in [-0.39, 0.29) is 10.8 Å². The van der Waals surface area contributed by atoms with Crippen molar-refractivity contribution < 1.29 is 8.83 Å². The summed E-state index contributed by atoms with van der Waals surface area (Å²) >= 11 is 0. The highest BCUT2D eigenvalue weighted by atomic mass is 16.3. The summed E-state index contributed by atoms with van der Waals surface area (Å²) in [4.78, 5) is 8.11. The highest BCUT2D eigenvalue weighted by molar-refractivity contribution is 6.28. The van der Waals surface area contributed by atoms with E-state index in [1.807, 2.05) is 60.7 Å². The van der Waals surface area contributed by atoms with Crippen LogP contribution in [0.15, 0.2) is 179 Å². The zero-order valence-corrected chi connectivity index (χ0v) is 37.8. The van der Waals surface area contributed by atoms with Crippen LogP contribution < -0.4 is 9.80 Å². The Balaban J connectivity index is 1.01. The summed E-state index contributed by atoms with van der Waals surface area (Å²) in [7, 11) is 0. The maximum Gasteiger partial charge on any atom is 0.187 e. The number of anilines is 6. The van der Waals surface area contributed by atoms with Crippen LogP contribution in [0.25, 0.3) is 70.3 Å². The second kappa shape index (κ2) is 15.2. The molecule has 11 aromatic rings. The summed E-state index contributed by atoms with van der Waals surface area (Å²) in [6, 6.07) is 61.2. The lowest BCUT2D eigenvalue weighted by molar-refractivity contribution is 0.590. The van der Waals surface area contributed by atoms with E-state index in [0.717, 1.165) is 99.5 Å². The van der Waals surface area contributed by atoms with Gasteiger partial charge in [-0.1, -0.05) is 90.1 Å². The maximum atomic E-state index is 9.55. The predicted octanol–water partition coefficient (Wildman–Crippen LogP) is 17.7. The number of hydrogen-bond acceptors (Lipinski definition) is 5. The SMILES string of the molecule is [C-]#[N+]c1ccc(N(c2ccc(C(C)(C)C)cc2)c2ccc3cc4c(cc3c2)oc2ccc3oc5cc6cc(N(c7ccc(C#N)cc7)c7ccc(C(C)(C)C)cc7)ccc6cc5c3c24)cc1. The van der Waals surface area contributed by atoms with Gasteiger partial charge in [0, 0.05) is 55.7 Å². The van der Waals surface area contributed by atoms with Gasteiger partial charge < -0.3 is 18.6 Å². The first-order valence-corrected chi connectivity index (χ1v) is 22.3. The number of furan rings is 2. The molecule has 2 heterocycles. The van der Waals surface area contributed by atoms with Crippen LogP contribution in [0.3, 0.4) is 0 Å². The van der Waals surface area contributed by atoms with E-state index in [4.69, 9.17) is 15.4 Å². The third-order valence-corrected chi connectivity index (χ3v) is 12.9. The topological polar surface area (TPSA) is 60.9 Å². The predicted molar refractivity (Wildman–Crippen MR) is 274 cm³/mol. The lowest BCUT2D eigenvalue weighted by atomic mass is 9.87. The third-order valence-electron chi connectivity index (χ3n) is 12.9. The molecule has 6 heteroatoms. The van der Waals surface area contributed by atoms with E-state index in [1.54, 1.807) is 0 Å². The van der Waals surface area contributed by atoms with E-state index >= 15 is 0 Å². The van der Waals surface area contributed by atoms with Gasteiger partial charge in [-0.3, -0.25) is 0 Å². The molecule has 11 rings (SSSR count). The summed E-state index contributed by atoms with van der Waals surface area (Å²) in [5, 5.41) is 18.0. The minimum atomic E-state index is 0.0307.